The van der Waals surface area contributed by atoms with Crippen molar-refractivity contribution in [2.24, 2.45) is 5.92 Å². The van der Waals surface area contributed by atoms with Gasteiger partial charge in [0, 0.05) is 25.3 Å². The van der Waals surface area contributed by atoms with E-state index in [0.29, 0.717) is 0 Å². The average Bonchev–Trinajstić information content (AvgIpc) is 2.55. The van der Waals surface area contributed by atoms with E-state index in [0.717, 1.165) is 19.0 Å². The molecule has 1 N–H and O–H groups in total. The fourth-order valence-electron chi connectivity index (χ4n) is 3.22. The lowest BCUT2D eigenvalue weighted by molar-refractivity contribution is 0.176. The Bertz CT molecular complexity index is 562. The number of nitrogens with zero attached hydrogens (tertiary/aromatic N) is 1. The molecule has 0 aliphatic carbocycles. The largest absolute Gasteiger partial charge is 0.381 e. The molecule has 2 nitrogen and oxygen atoms in total. The molecule has 22 heavy (non-hydrogen) atoms. The normalized spacial score (nSPS) is 19.0. The van der Waals surface area contributed by atoms with Crippen molar-refractivity contribution >= 4 is 5.69 Å². The average molecular weight is 294 g/mol. The van der Waals surface area contributed by atoms with Crippen molar-refractivity contribution in [2.75, 3.05) is 18.4 Å². The van der Waals surface area contributed by atoms with Gasteiger partial charge in [-0.05, 0) is 48.6 Å². The van der Waals surface area contributed by atoms with E-state index in [1.807, 2.05) is 0 Å². The fourth-order valence-corrected chi connectivity index (χ4v) is 3.22. The van der Waals surface area contributed by atoms with Crippen molar-refractivity contribution in [3.8, 4) is 0 Å². The van der Waals surface area contributed by atoms with Crippen LogP contribution in [0.1, 0.15) is 30.9 Å². The molecule has 2 heteroatoms. The standard InChI is InChI=1S/C20H26N2/c1-17-6-5-13-22(15-17)16-19-9-11-20(12-10-19)21-14-18-7-3-2-4-8-18/h2-4,7-12,17,21H,5-6,13-16H2,1H3. The lowest BCUT2D eigenvalue weighted by Gasteiger charge is -2.30. The first kappa shape index (κ1) is 15.1. The first-order valence-electron chi connectivity index (χ1n) is 8.39. The second-order valence-corrected chi connectivity index (χ2v) is 6.52. The number of benzene rings is 2. The van der Waals surface area contributed by atoms with E-state index in [2.05, 4.69) is 71.7 Å². The fraction of sp³-hybridized carbons (Fsp3) is 0.400. The first-order valence-corrected chi connectivity index (χ1v) is 8.39. The summed E-state index contributed by atoms with van der Waals surface area (Å²) in [6.07, 6.45) is 2.73. The quantitative estimate of drug-likeness (QED) is 0.871. The van der Waals surface area contributed by atoms with Crippen LogP contribution in [0.2, 0.25) is 0 Å². The summed E-state index contributed by atoms with van der Waals surface area (Å²) in [6, 6.07) is 19.4. The van der Waals surface area contributed by atoms with Crippen LogP contribution in [-0.4, -0.2) is 18.0 Å². The minimum atomic E-state index is 0.848. The van der Waals surface area contributed by atoms with Crippen LogP contribution in [0.15, 0.2) is 54.6 Å². The molecule has 1 aliphatic rings. The van der Waals surface area contributed by atoms with Gasteiger partial charge in [0.15, 0.2) is 0 Å². The summed E-state index contributed by atoms with van der Waals surface area (Å²) in [7, 11) is 0. The molecule has 0 radical (unpaired) electrons. The lowest BCUT2D eigenvalue weighted by atomic mass is 10.00. The van der Waals surface area contributed by atoms with Crippen LogP contribution in [0.25, 0.3) is 0 Å². The Morgan fingerprint density at radius 3 is 2.50 bits per heavy atom. The molecule has 1 heterocycles. The highest BCUT2D eigenvalue weighted by Crippen LogP contribution is 2.19. The smallest absolute Gasteiger partial charge is 0.0400 e. The summed E-state index contributed by atoms with van der Waals surface area (Å²) < 4.78 is 0. The maximum absolute atomic E-state index is 3.49. The van der Waals surface area contributed by atoms with E-state index in [-0.39, 0.29) is 0 Å². The molecule has 0 amide bonds. The van der Waals surface area contributed by atoms with Gasteiger partial charge in [-0.15, -0.1) is 0 Å². The Labute approximate surface area is 134 Å². The van der Waals surface area contributed by atoms with Crippen molar-refractivity contribution in [2.45, 2.75) is 32.9 Å². The molecule has 1 fully saturated rings. The van der Waals surface area contributed by atoms with Crippen LogP contribution in [0.5, 0.6) is 0 Å². The van der Waals surface area contributed by atoms with Gasteiger partial charge in [0.2, 0.25) is 0 Å². The predicted molar refractivity (Wildman–Crippen MR) is 93.9 cm³/mol. The van der Waals surface area contributed by atoms with E-state index in [1.54, 1.807) is 0 Å². The second-order valence-electron chi connectivity index (χ2n) is 6.52. The van der Waals surface area contributed by atoms with Gasteiger partial charge in [0.05, 0.1) is 0 Å². The number of anilines is 1. The maximum Gasteiger partial charge on any atom is 0.0400 e. The van der Waals surface area contributed by atoms with Crippen molar-refractivity contribution in [1.29, 1.82) is 0 Å². The Balaban J connectivity index is 1.51. The van der Waals surface area contributed by atoms with Gasteiger partial charge < -0.3 is 5.32 Å². The van der Waals surface area contributed by atoms with Crippen molar-refractivity contribution in [3.05, 3.63) is 65.7 Å². The van der Waals surface area contributed by atoms with Gasteiger partial charge >= 0.3 is 0 Å². The number of rotatable bonds is 5. The molecule has 2 aromatic rings. The van der Waals surface area contributed by atoms with E-state index in [1.165, 1.54) is 42.7 Å². The molecule has 3 rings (SSSR count). The minimum absolute atomic E-state index is 0.848. The van der Waals surface area contributed by atoms with Crippen LogP contribution in [0.3, 0.4) is 0 Å². The highest BCUT2D eigenvalue weighted by atomic mass is 15.1. The third-order valence-corrected chi connectivity index (χ3v) is 4.44. The maximum atomic E-state index is 3.49. The zero-order valence-corrected chi connectivity index (χ0v) is 13.5. The van der Waals surface area contributed by atoms with E-state index in [9.17, 15) is 0 Å². The minimum Gasteiger partial charge on any atom is -0.381 e. The Morgan fingerprint density at radius 1 is 1.00 bits per heavy atom. The first-order chi connectivity index (χ1) is 10.8. The molecule has 1 atom stereocenters. The molecule has 1 aliphatic heterocycles. The summed E-state index contributed by atoms with van der Waals surface area (Å²) in [4.78, 5) is 2.58. The van der Waals surface area contributed by atoms with Gasteiger partial charge in [0.25, 0.3) is 0 Å². The Hall–Kier alpha value is -1.80. The number of hydrogen-bond acceptors (Lipinski definition) is 2. The molecule has 116 valence electrons. The molecule has 1 unspecified atom stereocenters. The third kappa shape index (κ3) is 4.35. The zero-order valence-electron chi connectivity index (χ0n) is 13.5. The van der Waals surface area contributed by atoms with Gasteiger partial charge in [-0.1, -0.05) is 49.4 Å². The van der Waals surface area contributed by atoms with Gasteiger partial charge in [0.1, 0.15) is 0 Å². The third-order valence-electron chi connectivity index (χ3n) is 4.44. The summed E-state index contributed by atoms with van der Waals surface area (Å²) in [5.74, 6) is 0.848. The summed E-state index contributed by atoms with van der Waals surface area (Å²) in [6.45, 7) is 6.82. The summed E-state index contributed by atoms with van der Waals surface area (Å²) in [5.41, 5.74) is 3.92. The summed E-state index contributed by atoms with van der Waals surface area (Å²) in [5, 5.41) is 3.49. The number of likely N-dealkylation sites (tertiary alicyclic amines) is 1. The summed E-state index contributed by atoms with van der Waals surface area (Å²) >= 11 is 0. The van der Waals surface area contributed by atoms with E-state index < -0.39 is 0 Å². The number of hydrogen-bond donors (Lipinski definition) is 1. The highest BCUT2D eigenvalue weighted by Gasteiger charge is 2.15. The van der Waals surface area contributed by atoms with Crippen LogP contribution >= 0.6 is 0 Å². The Kier molecular flexibility index (Phi) is 5.12. The lowest BCUT2D eigenvalue weighted by Crippen LogP contribution is -2.33. The number of piperidine rings is 1. The van der Waals surface area contributed by atoms with Crippen LogP contribution < -0.4 is 5.32 Å². The van der Waals surface area contributed by atoms with Crippen LogP contribution in [-0.2, 0) is 13.1 Å². The predicted octanol–water partition coefficient (Wildman–Crippen LogP) is 4.53. The van der Waals surface area contributed by atoms with E-state index >= 15 is 0 Å². The monoisotopic (exact) mass is 294 g/mol. The van der Waals surface area contributed by atoms with E-state index in [4.69, 9.17) is 0 Å². The molecule has 2 aromatic carbocycles. The molecule has 0 saturated carbocycles. The van der Waals surface area contributed by atoms with Gasteiger partial charge in [-0.25, -0.2) is 0 Å². The van der Waals surface area contributed by atoms with Gasteiger partial charge in [-0.2, -0.15) is 0 Å². The number of nitrogens with one attached hydrogen (secondary N) is 1. The highest BCUT2D eigenvalue weighted by molar-refractivity contribution is 5.45. The molecular formula is C20H26N2. The molecule has 0 spiro atoms. The van der Waals surface area contributed by atoms with Gasteiger partial charge in [-0.3, -0.25) is 4.90 Å². The zero-order chi connectivity index (χ0) is 15.2. The Morgan fingerprint density at radius 2 is 1.77 bits per heavy atom. The van der Waals surface area contributed by atoms with Crippen molar-refractivity contribution in [1.82, 2.24) is 4.90 Å². The second kappa shape index (κ2) is 7.46. The SMILES string of the molecule is CC1CCCN(Cc2ccc(NCc3ccccc3)cc2)C1. The molecule has 0 bridgehead atoms. The van der Waals surface area contributed by atoms with Crippen LogP contribution in [0.4, 0.5) is 5.69 Å². The molecular weight excluding hydrogens is 268 g/mol. The van der Waals surface area contributed by atoms with Crippen molar-refractivity contribution in [3.63, 3.8) is 0 Å². The van der Waals surface area contributed by atoms with Crippen molar-refractivity contribution < 1.29 is 0 Å². The molecule has 1 saturated heterocycles. The topological polar surface area (TPSA) is 15.3 Å². The van der Waals surface area contributed by atoms with Crippen LogP contribution in [0, 0.1) is 5.92 Å². The molecule has 0 aromatic heterocycles.